The number of amides is 1. The van der Waals surface area contributed by atoms with E-state index in [-0.39, 0.29) is 11.9 Å². The van der Waals surface area contributed by atoms with Crippen molar-refractivity contribution in [2.24, 2.45) is 0 Å². The van der Waals surface area contributed by atoms with Crippen LogP contribution in [0.5, 0.6) is 0 Å². The fourth-order valence-electron chi connectivity index (χ4n) is 3.15. The second-order valence-corrected chi connectivity index (χ2v) is 7.56. The van der Waals surface area contributed by atoms with Gasteiger partial charge in [0.2, 0.25) is 0 Å². The van der Waals surface area contributed by atoms with Crippen molar-refractivity contribution in [1.29, 1.82) is 0 Å². The lowest BCUT2D eigenvalue weighted by Crippen LogP contribution is -3.08. The molecule has 5 heteroatoms. The van der Waals surface area contributed by atoms with Crippen LogP contribution in [0.2, 0.25) is 0 Å². The maximum absolute atomic E-state index is 12.5. The first-order valence-electron chi connectivity index (χ1n) is 9.72. The van der Waals surface area contributed by atoms with E-state index >= 15 is 0 Å². The third-order valence-electron chi connectivity index (χ3n) is 4.97. The first kappa shape index (κ1) is 19.8. The Hall–Kier alpha value is -2.92. The summed E-state index contributed by atoms with van der Waals surface area (Å²) in [5.41, 5.74) is 4.21. The fraction of sp³-hybridized carbons (Fsp3) is 0.304. The molecule has 2 aromatic carbocycles. The number of para-hydroxylation sites is 1. The number of benzene rings is 2. The lowest BCUT2D eigenvalue weighted by Gasteiger charge is -2.23. The molecule has 0 bridgehead atoms. The van der Waals surface area contributed by atoms with Crippen LogP contribution in [-0.2, 0) is 11.3 Å². The number of likely N-dealkylation sites (N-methyl/N-ethyl adjacent to an activating group) is 2. The van der Waals surface area contributed by atoms with E-state index in [2.05, 4.69) is 25.4 Å². The second-order valence-electron chi connectivity index (χ2n) is 7.56. The molecule has 1 N–H and O–H groups in total. The summed E-state index contributed by atoms with van der Waals surface area (Å²) in [5, 5.41) is 4.85. The highest BCUT2D eigenvalue weighted by atomic mass is 16.2. The van der Waals surface area contributed by atoms with Gasteiger partial charge in [0.1, 0.15) is 12.2 Å². The van der Waals surface area contributed by atoms with Crippen LogP contribution in [0, 0.1) is 0 Å². The largest absolute Gasteiger partial charge is 0.338 e. The monoisotopic (exact) mass is 377 g/mol. The van der Waals surface area contributed by atoms with E-state index in [1.54, 1.807) is 4.90 Å². The molecular weight excluding hydrogens is 348 g/mol. The van der Waals surface area contributed by atoms with Crippen LogP contribution in [0.1, 0.15) is 19.4 Å². The Bertz CT molecular complexity index is 903. The van der Waals surface area contributed by atoms with Gasteiger partial charge in [0, 0.05) is 24.8 Å². The number of nitrogens with one attached hydrogen (secondary N) is 1. The van der Waals surface area contributed by atoms with E-state index in [9.17, 15) is 4.79 Å². The minimum atomic E-state index is 0.157. The van der Waals surface area contributed by atoms with Gasteiger partial charge in [-0.25, -0.2) is 4.68 Å². The Morgan fingerprint density at radius 1 is 1.07 bits per heavy atom. The van der Waals surface area contributed by atoms with E-state index in [4.69, 9.17) is 5.10 Å². The number of carbonyl (C=O) groups excluding carboxylic acids is 1. The van der Waals surface area contributed by atoms with E-state index in [0.717, 1.165) is 34.0 Å². The second kappa shape index (κ2) is 8.85. The third-order valence-corrected chi connectivity index (χ3v) is 4.97. The molecule has 0 saturated heterocycles. The zero-order valence-electron chi connectivity index (χ0n) is 17.1. The van der Waals surface area contributed by atoms with Gasteiger partial charge in [-0.15, -0.1) is 0 Å². The average molecular weight is 378 g/mol. The molecule has 1 unspecified atom stereocenters. The summed E-state index contributed by atoms with van der Waals surface area (Å²) in [7, 11) is 3.92. The van der Waals surface area contributed by atoms with Crippen LogP contribution in [0.25, 0.3) is 16.9 Å². The van der Waals surface area contributed by atoms with Crippen molar-refractivity contribution >= 4 is 5.91 Å². The highest BCUT2D eigenvalue weighted by Gasteiger charge is 2.20. The normalized spacial score (nSPS) is 12.2. The van der Waals surface area contributed by atoms with E-state index in [1.165, 1.54) is 0 Å². The molecule has 0 aliphatic rings. The van der Waals surface area contributed by atoms with Crippen LogP contribution < -0.4 is 4.90 Å². The van der Waals surface area contributed by atoms with Crippen molar-refractivity contribution < 1.29 is 9.69 Å². The number of carbonyl (C=O) groups is 1. The van der Waals surface area contributed by atoms with Gasteiger partial charge in [-0.1, -0.05) is 48.5 Å². The highest BCUT2D eigenvalue weighted by molar-refractivity contribution is 5.77. The Morgan fingerprint density at radius 3 is 2.29 bits per heavy atom. The summed E-state index contributed by atoms with van der Waals surface area (Å²) in [4.78, 5) is 15.4. The molecule has 0 spiro atoms. The first-order valence-corrected chi connectivity index (χ1v) is 9.72. The molecule has 0 aliphatic carbocycles. The topological polar surface area (TPSA) is 42.6 Å². The molecule has 0 saturated carbocycles. The summed E-state index contributed by atoms with van der Waals surface area (Å²) in [6.45, 7) is 5.25. The smallest absolute Gasteiger partial charge is 0.277 e. The molecule has 5 nitrogen and oxygen atoms in total. The summed E-state index contributed by atoms with van der Waals surface area (Å²) in [6.07, 6.45) is 2.08. The van der Waals surface area contributed by atoms with Crippen LogP contribution in [0.3, 0.4) is 0 Å². The van der Waals surface area contributed by atoms with Gasteiger partial charge in [0.15, 0.2) is 6.54 Å². The van der Waals surface area contributed by atoms with Crippen LogP contribution >= 0.6 is 0 Å². The minimum absolute atomic E-state index is 0.157. The van der Waals surface area contributed by atoms with Crippen molar-refractivity contribution in [3.63, 3.8) is 0 Å². The van der Waals surface area contributed by atoms with Gasteiger partial charge in [0.25, 0.3) is 5.91 Å². The number of rotatable bonds is 7. The maximum Gasteiger partial charge on any atom is 0.277 e. The molecule has 28 heavy (non-hydrogen) atoms. The predicted octanol–water partition coefficient (Wildman–Crippen LogP) is 2.42. The van der Waals surface area contributed by atoms with E-state index in [1.807, 2.05) is 74.1 Å². The quantitative estimate of drug-likeness (QED) is 0.687. The Labute approximate surface area is 167 Å². The predicted molar refractivity (Wildman–Crippen MR) is 112 cm³/mol. The van der Waals surface area contributed by atoms with Gasteiger partial charge in [0.05, 0.1) is 18.3 Å². The lowest BCUT2D eigenvalue weighted by atomic mass is 10.1. The van der Waals surface area contributed by atoms with Crippen LogP contribution in [0.15, 0.2) is 66.9 Å². The van der Waals surface area contributed by atoms with Crippen molar-refractivity contribution in [2.75, 3.05) is 20.6 Å². The average Bonchev–Trinajstić information content (AvgIpc) is 3.12. The molecule has 3 aromatic rings. The van der Waals surface area contributed by atoms with Crippen molar-refractivity contribution in [3.05, 3.63) is 72.4 Å². The minimum Gasteiger partial charge on any atom is -0.338 e. The van der Waals surface area contributed by atoms with Gasteiger partial charge in [-0.2, -0.15) is 5.10 Å². The van der Waals surface area contributed by atoms with Crippen LogP contribution in [-0.4, -0.2) is 47.3 Å². The van der Waals surface area contributed by atoms with Crippen molar-refractivity contribution in [1.82, 2.24) is 14.7 Å². The number of quaternary nitrogens is 1. The maximum atomic E-state index is 12.5. The number of nitrogens with zero attached hydrogens (tertiary/aromatic N) is 3. The van der Waals surface area contributed by atoms with E-state index in [0.29, 0.717) is 6.54 Å². The Balaban J connectivity index is 1.87. The summed E-state index contributed by atoms with van der Waals surface area (Å²) >= 11 is 0. The third kappa shape index (κ3) is 4.67. The molecule has 3 rings (SSSR count). The van der Waals surface area contributed by atoms with Crippen molar-refractivity contribution in [3.8, 4) is 16.9 Å². The number of hydrogen-bond acceptors (Lipinski definition) is 2. The number of hydrogen-bond donors (Lipinski definition) is 1. The SMILES string of the molecule is CC(C)N(C)C(=O)C[NH+](C)Cc1cn(-c2ccccc2)nc1-c1ccccc1. The molecule has 0 fully saturated rings. The Kier molecular flexibility index (Phi) is 6.26. The van der Waals surface area contributed by atoms with Crippen LogP contribution in [0.4, 0.5) is 0 Å². The molecular formula is C23H29N4O+. The van der Waals surface area contributed by atoms with Gasteiger partial charge < -0.3 is 9.80 Å². The lowest BCUT2D eigenvalue weighted by molar-refractivity contribution is -0.885. The van der Waals surface area contributed by atoms with Gasteiger partial charge in [-0.3, -0.25) is 4.79 Å². The summed E-state index contributed by atoms with van der Waals surface area (Å²) < 4.78 is 1.92. The molecule has 1 atom stereocenters. The van der Waals surface area contributed by atoms with Gasteiger partial charge in [-0.05, 0) is 26.0 Å². The molecule has 1 aromatic heterocycles. The molecule has 1 amide bonds. The standard InChI is InChI=1S/C23H28N4O/c1-18(2)26(4)22(28)17-25(3)15-20-16-27(21-13-9-6-10-14-21)24-23(20)19-11-7-5-8-12-19/h5-14,16,18H,15,17H2,1-4H3/p+1. The zero-order valence-corrected chi connectivity index (χ0v) is 17.1. The molecule has 0 aliphatic heterocycles. The Morgan fingerprint density at radius 2 is 1.68 bits per heavy atom. The molecule has 0 radical (unpaired) electrons. The number of aromatic nitrogens is 2. The molecule has 1 heterocycles. The van der Waals surface area contributed by atoms with Crippen molar-refractivity contribution in [2.45, 2.75) is 26.4 Å². The first-order chi connectivity index (χ1) is 13.5. The highest BCUT2D eigenvalue weighted by Crippen LogP contribution is 2.23. The summed E-state index contributed by atoms with van der Waals surface area (Å²) in [6, 6.07) is 20.5. The fourth-order valence-corrected chi connectivity index (χ4v) is 3.15. The summed E-state index contributed by atoms with van der Waals surface area (Å²) in [5.74, 6) is 0.157. The van der Waals surface area contributed by atoms with Gasteiger partial charge >= 0.3 is 0 Å². The zero-order chi connectivity index (χ0) is 20.1. The van der Waals surface area contributed by atoms with E-state index < -0.39 is 0 Å². The molecule has 146 valence electrons.